The van der Waals surface area contributed by atoms with Crippen molar-refractivity contribution < 1.29 is 19.0 Å². The van der Waals surface area contributed by atoms with Gasteiger partial charge in [0.05, 0.1) is 21.8 Å². The maximum Gasteiger partial charge on any atom is 0.326 e. The first kappa shape index (κ1) is 14.8. The number of rotatable bonds is 3. The van der Waals surface area contributed by atoms with Gasteiger partial charge in [0.15, 0.2) is 5.82 Å². The van der Waals surface area contributed by atoms with Crippen molar-refractivity contribution in [2.24, 2.45) is 0 Å². The van der Waals surface area contributed by atoms with E-state index in [2.05, 4.69) is 15.9 Å². The van der Waals surface area contributed by atoms with Crippen LogP contribution in [0.25, 0.3) is 0 Å². The number of hydrogen-bond donors (Lipinski definition) is 1. The molecule has 5 nitrogen and oxygen atoms in total. The number of benzene rings is 1. The van der Waals surface area contributed by atoms with Crippen LogP contribution >= 0.6 is 15.9 Å². The van der Waals surface area contributed by atoms with E-state index in [4.69, 9.17) is 10.00 Å². The van der Waals surface area contributed by atoms with Crippen molar-refractivity contribution in [3.05, 3.63) is 28.0 Å². The summed E-state index contributed by atoms with van der Waals surface area (Å²) < 4.78 is 19.5. The third-order valence-electron chi connectivity index (χ3n) is 3.37. The quantitative estimate of drug-likeness (QED) is 0.910. The Morgan fingerprint density at radius 1 is 1.65 bits per heavy atom. The van der Waals surface area contributed by atoms with Gasteiger partial charge >= 0.3 is 5.97 Å². The summed E-state index contributed by atoms with van der Waals surface area (Å²) in [5.74, 6) is -1.66. The number of anilines is 1. The van der Waals surface area contributed by atoms with Gasteiger partial charge in [0.25, 0.3) is 0 Å². The van der Waals surface area contributed by atoms with Crippen molar-refractivity contribution in [3.8, 4) is 6.07 Å². The third-order valence-corrected chi connectivity index (χ3v) is 4.15. The molecular formula is C13H12BrFN2O3. The van der Waals surface area contributed by atoms with Crippen LogP contribution in [0.15, 0.2) is 16.6 Å². The van der Waals surface area contributed by atoms with Crippen LogP contribution in [0, 0.1) is 17.1 Å². The normalized spacial score (nSPS) is 21.8. The number of aliphatic carboxylic acids is 1. The summed E-state index contributed by atoms with van der Waals surface area (Å²) in [6.45, 7) is 0.294. The van der Waals surface area contributed by atoms with Crippen LogP contribution in [0.3, 0.4) is 0 Å². The number of halogens is 2. The highest BCUT2D eigenvalue weighted by Gasteiger charge is 2.38. The SMILES string of the molecule is COC1CC(C(=O)O)N(c2ccc(C#N)c(Br)c2F)C1. The first-order valence-corrected chi connectivity index (χ1v) is 6.69. The first-order chi connectivity index (χ1) is 9.49. The van der Waals surface area contributed by atoms with E-state index < -0.39 is 17.8 Å². The predicted molar refractivity (Wildman–Crippen MR) is 73.0 cm³/mol. The minimum absolute atomic E-state index is 0.0440. The van der Waals surface area contributed by atoms with Crippen molar-refractivity contribution in [3.63, 3.8) is 0 Å². The predicted octanol–water partition coefficient (Wildman–Crippen LogP) is 2.14. The Balaban J connectivity index is 2.42. The number of nitriles is 1. The maximum absolute atomic E-state index is 14.3. The van der Waals surface area contributed by atoms with E-state index >= 15 is 0 Å². The van der Waals surface area contributed by atoms with Gasteiger partial charge < -0.3 is 14.7 Å². The Hall–Kier alpha value is -1.65. The van der Waals surface area contributed by atoms with Gasteiger partial charge in [-0.25, -0.2) is 9.18 Å². The molecule has 1 aromatic carbocycles. The second-order valence-corrected chi connectivity index (χ2v) is 5.26. The lowest BCUT2D eigenvalue weighted by Gasteiger charge is -2.24. The summed E-state index contributed by atoms with van der Waals surface area (Å²) in [4.78, 5) is 12.7. The molecule has 0 amide bonds. The molecule has 20 heavy (non-hydrogen) atoms. The van der Waals surface area contributed by atoms with Gasteiger partial charge in [0.2, 0.25) is 0 Å². The van der Waals surface area contributed by atoms with Crippen molar-refractivity contribution in [2.45, 2.75) is 18.6 Å². The van der Waals surface area contributed by atoms with Gasteiger partial charge in [-0.3, -0.25) is 0 Å². The fourth-order valence-electron chi connectivity index (χ4n) is 2.32. The number of carboxylic acids is 1. The molecule has 1 N–H and O–H groups in total. The second-order valence-electron chi connectivity index (χ2n) is 4.47. The van der Waals surface area contributed by atoms with Gasteiger partial charge in [-0.1, -0.05) is 0 Å². The average molecular weight is 343 g/mol. The van der Waals surface area contributed by atoms with E-state index in [-0.39, 0.29) is 21.8 Å². The van der Waals surface area contributed by atoms with Gasteiger partial charge in [-0.2, -0.15) is 5.26 Å². The number of carboxylic acid groups (broad SMARTS) is 1. The highest BCUT2D eigenvalue weighted by Crippen LogP contribution is 2.34. The number of methoxy groups -OCH3 is 1. The zero-order valence-corrected chi connectivity index (χ0v) is 12.2. The van der Waals surface area contributed by atoms with Crippen LogP contribution in [0.1, 0.15) is 12.0 Å². The van der Waals surface area contributed by atoms with Crippen LogP contribution in [-0.4, -0.2) is 36.9 Å². The summed E-state index contributed by atoms with van der Waals surface area (Å²) >= 11 is 3.02. The minimum Gasteiger partial charge on any atom is -0.480 e. The van der Waals surface area contributed by atoms with E-state index in [9.17, 15) is 14.3 Å². The highest BCUT2D eigenvalue weighted by molar-refractivity contribution is 9.10. The second kappa shape index (κ2) is 5.77. The molecule has 0 saturated carbocycles. The Bertz CT molecular complexity index is 588. The van der Waals surface area contributed by atoms with Crippen molar-refractivity contribution in [1.82, 2.24) is 0 Å². The summed E-state index contributed by atoms with van der Waals surface area (Å²) in [7, 11) is 1.50. The fraction of sp³-hybridized carbons (Fsp3) is 0.385. The molecule has 1 aliphatic rings. The molecule has 7 heteroatoms. The van der Waals surface area contributed by atoms with Gasteiger partial charge in [0, 0.05) is 20.1 Å². The molecule has 0 spiro atoms. The van der Waals surface area contributed by atoms with Gasteiger partial charge in [-0.15, -0.1) is 0 Å². The molecule has 1 fully saturated rings. The topological polar surface area (TPSA) is 73.6 Å². The standard InChI is InChI=1S/C13H12BrFN2O3/c1-20-8-4-10(13(18)19)17(6-8)9-3-2-7(5-16)11(14)12(9)15/h2-3,8,10H,4,6H2,1H3,(H,18,19). The number of nitrogens with zero attached hydrogens (tertiary/aromatic N) is 2. The van der Waals surface area contributed by atoms with E-state index in [0.717, 1.165) is 0 Å². The molecule has 2 atom stereocenters. The van der Waals surface area contributed by atoms with E-state index in [1.165, 1.54) is 24.1 Å². The Morgan fingerprint density at radius 3 is 2.90 bits per heavy atom. The minimum atomic E-state index is -1.02. The summed E-state index contributed by atoms with van der Waals surface area (Å²) in [5.41, 5.74) is 0.323. The first-order valence-electron chi connectivity index (χ1n) is 5.90. The molecule has 106 valence electrons. The van der Waals surface area contributed by atoms with Crippen molar-refractivity contribution in [1.29, 1.82) is 5.26 Å². The zero-order chi connectivity index (χ0) is 14.9. The summed E-state index contributed by atoms with van der Waals surface area (Å²) in [6.07, 6.45) is 0.0352. The Labute approximate surface area is 123 Å². The lowest BCUT2D eigenvalue weighted by atomic mass is 10.1. The Kier molecular flexibility index (Phi) is 4.26. The molecule has 0 bridgehead atoms. The van der Waals surface area contributed by atoms with Crippen molar-refractivity contribution in [2.75, 3.05) is 18.6 Å². The molecule has 1 aliphatic heterocycles. The van der Waals surface area contributed by atoms with Crippen LogP contribution in [0.4, 0.5) is 10.1 Å². The monoisotopic (exact) mass is 342 g/mol. The summed E-state index contributed by atoms with van der Waals surface area (Å²) in [6, 6.07) is 3.91. The number of hydrogen-bond acceptors (Lipinski definition) is 4. The largest absolute Gasteiger partial charge is 0.480 e. The molecule has 1 aromatic rings. The molecule has 2 rings (SSSR count). The lowest BCUT2D eigenvalue weighted by Crippen LogP contribution is -2.36. The third kappa shape index (κ3) is 2.49. The van der Waals surface area contributed by atoms with Crippen LogP contribution in [0.5, 0.6) is 0 Å². The van der Waals surface area contributed by atoms with Gasteiger partial charge in [-0.05, 0) is 28.1 Å². The average Bonchev–Trinajstić information content (AvgIpc) is 2.86. The molecule has 1 saturated heterocycles. The van der Waals surface area contributed by atoms with Crippen LogP contribution in [-0.2, 0) is 9.53 Å². The molecular weight excluding hydrogens is 331 g/mol. The van der Waals surface area contributed by atoms with Crippen LogP contribution in [0.2, 0.25) is 0 Å². The molecule has 0 aromatic heterocycles. The Morgan fingerprint density at radius 2 is 2.35 bits per heavy atom. The van der Waals surface area contributed by atoms with E-state index in [1.54, 1.807) is 0 Å². The molecule has 2 unspecified atom stereocenters. The zero-order valence-electron chi connectivity index (χ0n) is 10.6. The maximum atomic E-state index is 14.3. The number of ether oxygens (including phenoxy) is 1. The highest BCUT2D eigenvalue weighted by atomic mass is 79.9. The molecule has 0 aliphatic carbocycles. The van der Waals surface area contributed by atoms with E-state index in [0.29, 0.717) is 13.0 Å². The van der Waals surface area contributed by atoms with E-state index in [1.807, 2.05) is 6.07 Å². The fourth-order valence-corrected chi connectivity index (χ4v) is 2.74. The van der Waals surface area contributed by atoms with Gasteiger partial charge in [0.1, 0.15) is 12.1 Å². The van der Waals surface area contributed by atoms with Crippen LogP contribution < -0.4 is 4.90 Å². The molecule has 0 radical (unpaired) electrons. The van der Waals surface area contributed by atoms with Crippen molar-refractivity contribution >= 4 is 27.6 Å². The number of carbonyl (C=O) groups is 1. The molecule has 1 heterocycles. The summed E-state index contributed by atoms with van der Waals surface area (Å²) in [5, 5.41) is 18.1. The smallest absolute Gasteiger partial charge is 0.326 e. The lowest BCUT2D eigenvalue weighted by molar-refractivity contribution is -0.138.